The van der Waals surface area contributed by atoms with Crippen molar-refractivity contribution in [1.29, 1.82) is 0 Å². The smallest absolute Gasteiger partial charge is 0.117 e. The van der Waals surface area contributed by atoms with Crippen LogP contribution >= 0.6 is 0 Å². The van der Waals surface area contributed by atoms with Crippen LogP contribution < -0.4 is 5.32 Å². The highest BCUT2D eigenvalue weighted by Gasteiger charge is 2.05. The van der Waals surface area contributed by atoms with Gasteiger partial charge in [-0.3, -0.25) is 0 Å². The third kappa shape index (κ3) is 3.23. The summed E-state index contributed by atoms with van der Waals surface area (Å²) in [7, 11) is 0. The van der Waals surface area contributed by atoms with Crippen molar-refractivity contribution < 1.29 is 4.42 Å². The molecule has 0 aromatic carbocycles. The van der Waals surface area contributed by atoms with E-state index in [0.717, 1.165) is 18.1 Å². The van der Waals surface area contributed by atoms with Gasteiger partial charge in [-0.05, 0) is 12.1 Å². The molecule has 1 rings (SSSR count). The molecule has 1 N–H and O–H groups in total. The first-order chi connectivity index (χ1) is 6.09. The summed E-state index contributed by atoms with van der Waals surface area (Å²) in [5, 5.41) is 3.32. The monoisotopic (exact) mass is 181 g/mol. The van der Waals surface area contributed by atoms with Crippen molar-refractivity contribution in [1.82, 2.24) is 5.32 Å². The van der Waals surface area contributed by atoms with Crippen LogP contribution in [0.3, 0.4) is 0 Å². The lowest BCUT2D eigenvalue weighted by Crippen LogP contribution is -2.21. The quantitative estimate of drug-likeness (QED) is 0.772. The molecular formula is C11H19NO. The van der Waals surface area contributed by atoms with Gasteiger partial charge in [-0.15, -0.1) is 0 Å². The first-order valence-corrected chi connectivity index (χ1v) is 4.91. The summed E-state index contributed by atoms with van der Waals surface area (Å²) in [4.78, 5) is 0. The van der Waals surface area contributed by atoms with Crippen molar-refractivity contribution in [2.24, 2.45) is 0 Å². The average molecular weight is 181 g/mol. The molecule has 74 valence electrons. The minimum atomic E-state index is 0.479. The first kappa shape index (κ1) is 10.3. The van der Waals surface area contributed by atoms with Crippen LogP contribution in [0.4, 0.5) is 0 Å². The number of nitrogens with one attached hydrogen (secondary N) is 1. The fourth-order valence-electron chi connectivity index (χ4n) is 1.10. The van der Waals surface area contributed by atoms with Gasteiger partial charge in [-0.25, -0.2) is 0 Å². The Morgan fingerprint density at radius 2 is 1.92 bits per heavy atom. The minimum absolute atomic E-state index is 0.479. The summed E-state index contributed by atoms with van der Waals surface area (Å²) in [6.45, 7) is 9.36. The van der Waals surface area contributed by atoms with E-state index in [9.17, 15) is 0 Å². The molecule has 2 heteroatoms. The number of furan rings is 1. The van der Waals surface area contributed by atoms with Crippen LogP contribution in [0.5, 0.6) is 0 Å². The number of rotatable bonds is 4. The highest BCUT2D eigenvalue weighted by atomic mass is 16.3. The Morgan fingerprint density at radius 3 is 2.38 bits per heavy atom. The first-order valence-electron chi connectivity index (χ1n) is 4.91. The predicted octanol–water partition coefficient (Wildman–Crippen LogP) is 2.90. The van der Waals surface area contributed by atoms with Crippen LogP contribution in [-0.4, -0.2) is 6.04 Å². The molecule has 0 saturated carbocycles. The average Bonchev–Trinajstić information content (AvgIpc) is 2.48. The lowest BCUT2D eigenvalue weighted by atomic mass is 10.2. The van der Waals surface area contributed by atoms with E-state index in [4.69, 9.17) is 4.42 Å². The van der Waals surface area contributed by atoms with E-state index in [1.807, 2.05) is 6.07 Å². The highest BCUT2D eigenvalue weighted by molar-refractivity contribution is 5.09. The van der Waals surface area contributed by atoms with Gasteiger partial charge in [0.2, 0.25) is 0 Å². The summed E-state index contributed by atoms with van der Waals surface area (Å²) in [5.41, 5.74) is 0. The molecule has 2 nitrogen and oxygen atoms in total. The molecule has 0 aliphatic carbocycles. The van der Waals surface area contributed by atoms with E-state index < -0.39 is 0 Å². The molecule has 0 aliphatic heterocycles. The van der Waals surface area contributed by atoms with Crippen molar-refractivity contribution in [3.63, 3.8) is 0 Å². The lowest BCUT2D eigenvalue weighted by molar-refractivity contribution is 0.423. The molecule has 13 heavy (non-hydrogen) atoms. The summed E-state index contributed by atoms with van der Waals surface area (Å²) < 4.78 is 5.63. The number of hydrogen-bond acceptors (Lipinski definition) is 2. The summed E-state index contributed by atoms with van der Waals surface area (Å²) in [6, 6.07) is 4.61. The maximum Gasteiger partial charge on any atom is 0.117 e. The summed E-state index contributed by atoms with van der Waals surface area (Å²) in [5.74, 6) is 2.57. The predicted molar refractivity (Wildman–Crippen MR) is 54.8 cm³/mol. The van der Waals surface area contributed by atoms with Gasteiger partial charge in [0.15, 0.2) is 0 Å². The van der Waals surface area contributed by atoms with Crippen molar-refractivity contribution in [3.8, 4) is 0 Å². The van der Waals surface area contributed by atoms with Crippen molar-refractivity contribution in [2.45, 2.75) is 46.2 Å². The Morgan fingerprint density at radius 1 is 1.23 bits per heavy atom. The Hall–Kier alpha value is -0.760. The zero-order valence-electron chi connectivity index (χ0n) is 8.92. The van der Waals surface area contributed by atoms with Crippen molar-refractivity contribution >= 4 is 0 Å². The van der Waals surface area contributed by atoms with Gasteiger partial charge in [0.1, 0.15) is 11.5 Å². The van der Waals surface area contributed by atoms with Gasteiger partial charge < -0.3 is 9.73 Å². The SMILES string of the molecule is CC(C)NCc1ccc(C(C)C)o1. The van der Waals surface area contributed by atoms with E-state index in [1.54, 1.807) is 0 Å². The molecule has 0 amide bonds. The van der Waals surface area contributed by atoms with Crippen molar-refractivity contribution in [2.75, 3.05) is 0 Å². The largest absolute Gasteiger partial charge is 0.464 e. The zero-order valence-corrected chi connectivity index (χ0v) is 8.92. The van der Waals surface area contributed by atoms with E-state index >= 15 is 0 Å². The molecule has 0 radical (unpaired) electrons. The van der Waals surface area contributed by atoms with Crippen LogP contribution in [-0.2, 0) is 6.54 Å². The summed E-state index contributed by atoms with van der Waals surface area (Å²) in [6.07, 6.45) is 0. The molecule has 0 bridgehead atoms. The van der Waals surface area contributed by atoms with Crippen LogP contribution in [0.25, 0.3) is 0 Å². The van der Waals surface area contributed by atoms with Gasteiger partial charge in [0, 0.05) is 12.0 Å². The second-order valence-electron chi connectivity index (χ2n) is 3.99. The molecule has 1 heterocycles. The van der Waals surface area contributed by atoms with Crippen LogP contribution in [0, 0.1) is 0 Å². The van der Waals surface area contributed by atoms with Crippen LogP contribution in [0.1, 0.15) is 45.1 Å². The molecule has 0 atom stereocenters. The molecule has 0 saturated heterocycles. The van der Waals surface area contributed by atoms with Crippen LogP contribution in [0.15, 0.2) is 16.5 Å². The maximum atomic E-state index is 5.63. The standard InChI is InChI=1S/C11H19NO/c1-8(2)11-6-5-10(13-11)7-12-9(3)4/h5-6,8-9,12H,7H2,1-4H3. The maximum absolute atomic E-state index is 5.63. The van der Waals surface area contributed by atoms with E-state index in [0.29, 0.717) is 12.0 Å². The van der Waals surface area contributed by atoms with E-state index in [2.05, 4.69) is 39.1 Å². The lowest BCUT2D eigenvalue weighted by Gasteiger charge is -2.05. The van der Waals surface area contributed by atoms with E-state index in [-0.39, 0.29) is 0 Å². The fraction of sp³-hybridized carbons (Fsp3) is 0.636. The van der Waals surface area contributed by atoms with Gasteiger partial charge in [0.25, 0.3) is 0 Å². The second kappa shape index (κ2) is 4.47. The zero-order chi connectivity index (χ0) is 9.84. The van der Waals surface area contributed by atoms with Crippen LogP contribution in [0.2, 0.25) is 0 Å². The molecule has 1 aromatic rings. The topological polar surface area (TPSA) is 25.2 Å². The van der Waals surface area contributed by atoms with Crippen molar-refractivity contribution in [3.05, 3.63) is 23.7 Å². The van der Waals surface area contributed by atoms with Gasteiger partial charge >= 0.3 is 0 Å². The second-order valence-corrected chi connectivity index (χ2v) is 3.99. The molecule has 0 fully saturated rings. The highest BCUT2D eigenvalue weighted by Crippen LogP contribution is 2.17. The van der Waals surface area contributed by atoms with Gasteiger partial charge in [-0.1, -0.05) is 27.7 Å². The molecule has 1 aromatic heterocycles. The fourth-order valence-corrected chi connectivity index (χ4v) is 1.10. The Kier molecular flexibility index (Phi) is 3.55. The molecule has 0 spiro atoms. The molecule has 0 unspecified atom stereocenters. The normalized spacial score (nSPS) is 11.5. The van der Waals surface area contributed by atoms with Gasteiger partial charge in [-0.2, -0.15) is 0 Å². The third-order valence-corrected chi connectivity index (χ3v) is 1.94. The van der Waals surface area contributed by atoms with E-state index in [1.165, 1.54) is 0 Å². The third-order valence-electron chi connectivity index (χ3n) is 1.94. The Bertz CT molecular complexity index is 250. The Balaban J connectivity index is 2.49. The minimum Gasteiger partial charge on any atom is -0.464 e. The summed E-state index contributed by atoms with van der Waals surface area (Å²) >= 11 is 0. The Labute approximate surface area is 80.3 Å². The molecule has 0 aliphatic rings. The van der Waals surface area contributed by atoms with Gasteiger partial charge in [0.05, 0.1) is 6.54 Å². The molecular weight excluding hydrogens is 162 g/mol. The number of hydrogen-bond donors (Lipinski definition) is 1.